The lowest BCUT2D eigenvalue weighted by atomic mass is 9.93. The number of benzene rings is 2. The van der Waals surface area contributed by atoms with Gasteiger partial charge in [-0.25, -0.2) is 4.68 Å². The van der Waals surface area contributed by atoms with E-state index >= 15 is 0 Å². The van der Waals surface area contributed by atoms with Crippen molar-refractivity contribution >= 4 is 11.6 Å². The molecule has 5 nitrogen and oxygen atoms in total. The summed E-state index contributed by atoms with van der Waals surface area (Å²) in [6.07, 6.45) is 2.57. The van der Waals surface area contributed by atoms with E-state index in [1.54, 1.807) is 6.33 Å². The highest BCUT2D eigenvalue weighted by molar-refractivity contribution is 5.47. The van der Waals surface area contributed by atoms with Gasteiger partial charge in [-0.3, -0.25) is 0 Å². The maximum Gasteiger partial charge on any atom is 0.222 e. The lowest BCUT2D eigenvalue weighted by Crippen LogP contribution is -2.28. The number of anilines is 2. The Morgan fingerprint density at radius 1 is 1.00 bits per heavy atom. The summed E-state index contributed by atoms with van der Waals surface area (Å²) in [5, 5.41) is 7.94. The normalized spacial score (nSPS) is 19.4. The summed E-state index contributed by atoms with van der Waals surface area (Å²) in [5.41, 5.74) is 3.74. The minimum Gasteiger partial charge on any atom is -0.378 e. The van der Waals surface area contributed by atoms with Crippen LogP contribution in [0, 0.1) is 0 Å². The van der Waals surface area contributed by atoms with Gasteiger partial charge in [0.2, 0.25) is 5.95 Å². The third-order valence-electron chi connectivity index (χ3n) is 4.63. The van der Waals surface area contributed by atoms with Crippen molar-refractivity contribution in [3.05, 3.63) is 72.1 Å². The molecule has 0 radical (unpaired) electrons. The van der Waals surface area contributed by atoms with Crippen LogP contribution >= 0.6 is 0 Å². The molecule has 4 rings (SSSR count). The second kappa shape index (κ2) is 6.00. The maximum absolute atomic E-state index is 4.43. The average molecular weight is 319 g/mol. The number of fused-ring (bicyclic) bond motifs is 1. The molecular formula is C19H21N5. The van der Waals surface area contributed by atoms with Gasteiger partial charge in [0, 0.05) is 19.8 Å². The molecule has 2 aromatic carbocycles. The molecular weight excluding hydrogens is 298 g/mol. The van der Waals surface area contributed by atoms with Gasteiger partial charge in [0.1, 0.15) is 6.33 Å². The molecule has 0 unspecified atom stereocenters. The van der Waals surface area contributed by atoms with Gasteiger partial charge in [-0.15, -0.1) is 0 Å². The van der Waals surface area contributed by atoms with Crippen molar-refractivity contribution in [1.29, 1.82) is 0 Å². The Bertz CT molecular complexity index is 807. The zero-order valence-corrected chi connectivity index (χ0v) is 13.9. The molecule has 24 heavy (non-hydrogen) atoms. The molecule has 2 heterocycles. The average Bonchev–Trinajstić information content (AvgIpc) is 3.10. The summed E-state index contributed by atoms with van der Waals surface area (Å²) >= 11 is 0. The van der Waals surface area contributed by atoms with Crippen LogP contribution in [0.25, 0.3) is 0 Å². The maximum atomic E-state index is 4.43. The molecule has 1 N–H and O–H groups in total. The van der Waals surface area contributed by atoms with E-state index < -0.39 is 0 Å². The molecule has 0 amide bonds. The van der Waals surface area contributed by atoms with E-state index in [1.165, 1.54) is 16.8 Å². The van der Waals surface area contributed by atoms with Gasteiger partial charge in [0.25, 0.3) is 0 Å². The van der Waals surface area contributed by atoms with E-state index in [0.717, 1.165) is 12.4 Å². The van der Waals surface area contributed by atoms with Crippen molar-refractivity contribution in [1.82, 2.24) is 14.8 Å². The Morgan fingerprint density at radius 3 is 2.46 bits per heavy atom. The van der Waals surface area contributed by atoms with E-state index in [-0.39, 0.29) is 12.1 Å². The summed E-state index contributed by atoms with van der Waals surface area (Å²) in [5.74, 6) is 0.830. The fourth-order valence-electron chi connectivity index (χ4n) is 3.30. The van der Waals surface area contributed by atoms with Crippen LogP contribution < -0.4 is 10.2 Å². The highest BCUT2D eigenvalue weighted by Crippen LogP contribution is 2.37. The van der Waals surface area contributed by atoms with E-state index in [2.05, 4.69) is 82.9 Å². The zero-order valence-electron chi connectivity index (χ0n) is 13.9. The van der Waals surface area contributed by atoms with E-state index in [9.17, 15) is 0 Å². The number of rotatable bonds is 3. The van der Waals surface area contributed by atoms with Crippen molar-refractivity contribution in [2.45, 2.75) is 18.5 Å². The molecule has 0 saturated carbocycles. The number of hydrogen-bond acceptors (Lipinski definition) is 4. The predicted molar refractivity (Wildman–Crippen MR) is 96.4 cm³/mol. The topological polar surface area (TPSA) is 46.0 Å². The van der Waals surface area contributed by atoms with Crippen LogP contribution in [-0.4, -0.2) is 28.9 Å². The smallest absolute Gasteiger partial charge is 0.222 e. The molecule has 0 bridgehead atoms. The molecule has 1 aromatic heterocycles. The quantitative estimate of drug-likeness (QED) is 0.803. The van der Waals surface area contributed by atoms with Crippen LogP contribution in [-0.2, 0) is 0 Å². The van der Waals surface area contributed by atoms with E-state index in [1.807, 2.05) is 10.7 Å². The van der Waals surface area contributed by atoms with Crippen LogP contribution in [0.4, 0.5) is 11.6 Å². The van der Waals surface area contributed by atoms with Crippen LogP contribution in [0.2, 0.25) is 0 Å². The molecule has 0 saturated heterocycles. The molecule has 0 fully saturated rings. The summed E-state index contributed by atoms with van der Waals surface area (Å²) in [6.45, 7) is 0. The second-order valence-electron chi connectivity index (χ2n) is 6.37. The fraction of sp³-hybridized carbons (Fsp3) is 0.263. The first-order valence-corrected chi connectivity index (χ1v) is 8.20. The summed E-state index contributed by atoms with van der Waals surface area (Å²) < 4.78 is 1.99. The zero-order chi connectivity index (χ0) is 16.5. The van der Waals surface area contributed by atoms with Crippen LogP contribution in [0.3, 0.4) is 0 Å². The molecule has 1 aliphatic rings. The van der Waals surface area contributed by atoms with Gasteiger partial charge < -0.3 is 10.2 Å². The van der Waals surface area contributed by atoms with Crippen LogP contribution in [0.5, 0.6) is 0 Å². The predicted octanol–water partition coefficient (Wildman–Crippen LogP) is 3.49. The number of aromatic nitrogens is 3. The standard InChI is InChI=1S/C19H21N5/c1-23(2)16-10-8-15(9-11-16)18-12-17(14-6-4-3-5-7-14)22-19-20-13-21-24(18)19/h3-11,13,17-18H,12H2,1-2H3,(H,20,21,22)/t17-,18+/m0/s1. The van der Waals surface area contributed by atoms with E-state index in [4.69, 9.17) is 0 Å². The monoisotopic (exact) mass is 319 g/mol. The fourth-order valence-corrected chi connectivity index (χ4v) is 3.30. The third kappa shape index (κ3) is 2.62. The molecule has 5 heteroatoms. The SMILES string of the molecule is CN(C)c1ccc([C@H]2C[C@@H](c3ccccc3)Nc3ncnn32)cc1. The van der Waals surface area contributed by atoms with Gasteiger partial charge in [-0.1, -0.05) is 42.5 Å². The van der Waals surface area contributed by atoms with Crippen LogP contribution in [0.1, 0.15) is 29.6 Å². The van der Waals surface area contributed by atoms with Crippen molar-refractivity contribution in [2.75, 3.05) is 24.3 Å². The Kier molecular flexibility index (Phi) is 3.69. The molecule has 0 spiro atoms. The van der Waals surface area contributed by atoms with Crippen molar-refractivity contribution in [2.24, 2.45) is 0 Å². The third-order valence-corrected chi connectivity index (χ3v) is 4.63. The summed E-state index contributed by atoms with van der Waals surface area (Å²) in [6, 6.07) is 19.7. The summed E-state index contributed by atoms with van der Waals surface area (Å²) in [4.78, 5) is 6.50. The molecule has 3 aromatic rings. The Morgan fingerprint density at radius 2 is 1.75 bits per heavy atom. The van der Waals surface area contributed by atoms with Gasteiger partial charge >= 0.3 is 0 Å². The van der Waals surface area contributed by atoms with Crippen molar-refractivity contribution in [3.63, 3.8) is 0 Å². The Labute approximate surface area is 142 Å². The number of nitrogens with zero attached hydrogens (tertiary/aromatic N) is 4. The molecule has 122 valence electrons. The van der Waals surface area contributed by atoms with Gasteiger partial charge in [-0.2, -0.15) is 10.1 Å². The van der Waals surface area contributed by atoms with E-state index in [0.29, 0.717) is 0 Å². The Balaban J connectivity index is 1.69. The number of nitrogens with one attached hydrogen (secondary N) is 1. The van der Waals surface area contributed by atoms with Gasteiger partial charge in [0.05, 0.1) is 12.1 Å². The largest absolute Gasteiger partial charge is 0.378 e. The summed E-state index contributed by atoms with van der Waals surface area (Å²) in [7, 11) is 4.11. The Hall–Kier alpha value is -2.82. The van der Waals surface area contributed by atoms with Crippen LogP contribution in [0.15, 0.2) is 60.9 Å². The molecule has 0 aliphatic carbocycles. The number of hydrogen-bond donors (Lipinski definition) is 1. The van der Waals surface area contributed by atoms with Gasteiger partial charge in [-0.05, 0) is 29.7 Å². The first kappa shape index (κ1) is 14.8. The minimum absolute atomic E-state index is 0.185. The highest BCUT2D eigenvalue weighted by Gasteiger charge is 2.29. The second-order valence-corrected chi connectivity index (χ2v) is 6.37. The highest BCUT2D eigenvalue weighted by atomic mass is 15.4. The molecule has 2 atom stereocenters. The van der Waals surface area contributed by atoms with Gasteiger partial charge in [0.15, 0.2) is 0 Å². The van der Waals surface area contributed by atoms with Crippen molar-refractivity contribution < 1.29 is 0 Å². The lowest BCUT2D eigenvalue weighted by molar-refractivity contribution is 0.431. The lowest BCUT2D eigenvalue weighted by Gasteiger charge is -2.32. The first-order valence-electron chi connectivity index (χ1n) is 8.20. The first-order chi connectivity index (χ1) is 11.7. The molecule has 1 aliphatic heterocycles. The minimum atomic E-state index is 0.185. The van der Waals surface area contributed by atoms with Crippen molar-refractivity contribution in [3.8, 4) is 0 Å².